The van der Waals surface area contributed by atoms with Crippen LogP contribution in [0.4, 0.5) is 0 Å². The molecule has 0 radical (unpaired) electrons. The van der Waals surface area contributed by atoms with Crippen LogP contribution in [0, 0.1) is 6.85 Å². The van der Waals surface area contributed by atoms with Crippen molar-refractivity contribution in [1.82, 2.24) is 9.55 Å². The summed E-state index contributed by atoms with van der Waals surface area (Å²) in [5.41, 5.74) is -2.07. The van der Waals surface area contributed by atoms with E-state index in [1.54, 1.807) is 0 Å². The molecule has 178 valence electrons. The fourth-order valence-electron chi connectivity index (χ4n) is 2.91. The summed E-state index contributed by atoms with van der Waals surface area (Å²) in [5, 5.41) is -0.00949. The summed E-state index contributed by atoms with van der Waals surface area (Å²) < 4.78 is 43.5. The molecule has 7 nitrogen and oxygen atoms in total. The number of aryl methyl sites for hydroxylation is 1. The Morgan fingerprint density at radius 3 is 2.23 bits per heavy atom. The van der Waals surface area contributed by atoms with E-state index in [-0.39, 0.29) is 16.2 Å². The molecule has 1 aliphatic heterocycles. The van der Waals surface area contributed by atoms with Crippen molar-refractivity contribution in [1.29, 1.82) is 0 Å². The van der Waals surface area contributed by atoms with Crippen LogP contribution in [0.3, 0.4) is 0 Å². The molecule has 1 aromatic rings. The van der Waals surface area contributed by atoms with Crippen molar-refractivity contribution >= 4 is 16.6 Å². The fraction of sp³-hybridized carbons (Fsp3) is 0.818. The lowest BCUT2D eigenvalue weighted by Crippen LogP contribution is -2.48. The van der Waals surface area contributed by atoms with E-state index in [0.29, 0.717) is 13.0 Å². The summed E-state index contributed by atoms with van der Waals surface area (Å²) in [6.45, 7) is 19.3. The van der Waals surface area contributed by atoms with E-state index in [0.717, 1.165) is 10.8 Å². The summed E-state index contributed by atoms with van der Waals surface area (Å²) in [4.78, 5) is 26.8. The SMILES string of the molecule is [2H]C([2H])([2H])c1cn([C@H]2C[C@@H](O[Si](C)(C)C(C)(C)C)[C@@H](CO[Si](C)(C)C(C)(C)C)O2)c(=O)[nH]c1=O. The molecule has 9 heteroatoms. The zero-order valence-electron chi connectivity index (χ0n) is 23.7. The highest BCUT2D eigenvalue weighted by molar-refractivity contribution is 6.74. The third-order valence-corrected chi connectivity index (χ3v) is 16.1. The van der Waals surface area contributed by atoms with Crippen molar-refractivity contribution in [3.05, 3.63) is 32.6 Å². The van der Waals surface area contributed by atoms with Crippen LogP contribution in [0.5, 0.6) is 0 Å². The first-order valence-corrected chi connectivity index (χ1v) is 16.7. The lowest BCUT2D eigenvalue weighted by molar-refractivity contribution is -0.0413. The molecular formula is C22H42N2O5Si2. The molecule has 1 aromatic heterocycles. The quantitative estimate of drug-likeness (QED) is 0.613. The highest BCUT2D eigenvalue weighted by Crippen LogP contribution is 2.42. The Bertz CT molecular complexity index is 990. The van der Waals surface area contributed by atoms with Crippen LogP contribution in [-0.4, -0.2) is 45.0 Å². The van der Waals surface area contributed by atoms with Gasteiger partial charge in [-0.1, -0.05) is 41.5 Å². The maximum absolute atomic E-state index is 12.6. The van der Waals surface area contributed by atoms with Crippen LogP contribution in [0.2, 0.25) is 36.3 Å². The standard InChI is InChI=1S/C22H42N2O5Si2/c1-15-13-24(20(26)23-19(15)25)18-12-16(29-31(10,11)22(5,6)7)17(28-18)14-27-30(8,9)21(2,3)4/h13,16-18H,12,14H2,1-11H3,(H,23,25,26)/t16-,17-,18-/m1/s1/i1D3. The first-order chi connectivity index (χ1) is 15.1. The highest BCUT2D eigenvalue weighted by atomic mass is 28.4. The first kappa shape index (κ1) is 21.8. The minimum absolute atomic E-state index is 0.0191. The van der Waals surface area contributed by atoms with Crippen LogP contribution < -0.4 is 11.2 Å². The number of hydrogen-bond acceptors (Lipinski definition) is 5. The molecule has 0 saturated carbocycles. The molecule has 1 N–H and O–H groups in total. The lowest BCUT2D eigenvalue weighted by Gasteiger charge is -2.40. The van der Waals surface area contributed by atoms with Crippen molar-refractivity contribution in [2.45, 2.75) is 110 Å². The first-order valence-electron chi connectivity index (χ1n) is 12.4. The van der Waals surface area contributed by atoms with Crippen molar-refractivity contribution in [2.24, 2.45) is 0 Å². The minimum Gasteiger partial charge on any atom is -0.414 e. The predicted octanol–water partition coefficient (Wildman–Crippen LogP) is 4.54. The number of aromatic amines is 1. The molecule has 0 bridgehead atoms. The fourth-order valence-corrected chi connectivity index (χ4v) is 5.28. The summed E-state index contributed by atoms with van der Waals surface area (Å²) in [6.07, 6.45) is -0.0776. The molecule has 0 aromatic carbocycles. The van der Waals surface area contributed by atoms with Gasteiger partial charge in [0, 0.05) is 22.3 Å². The zero-order valence-corrected chi connectivity index (χ0v) is 22.7. The second kappa shape index (κ2) is 8.74. The van der Waals surface area contributed by atoms with Gasteiger partial charge in [-0.2, -0.15) is 0 Å². The second-order valence-corrected chi connectivity index (χ2v) is 21.1. The smallest absolute Gasteiger partial charge is 0.330 e. The van der Waals surface area contributed by atoms with Crippen LogP contribution in [0.15, 0.2) is 15.8 Å². The molecule has 0 spiro atoms. The Labute approximate surface area is 193 Å². The number of ether oxygens (including phenoxy) is 1. The van der Waals surface area contributed by atoms with Crippen LogP contribution in [0.25, 0.3) is 0 Å². The molecule has 31 heavy (non-hydrogen) atoms. The van der Waals surface area contributed by atoms with Gasteiger partial charge in [0.05, 0.1) is 12.7 Å². The Balaban J connectivity index is 2.41. The van der Waals surface area contributed by atoms with Gasteiger partial charge in [0.2, 0.25) is 0 Å². The molecular weight excluding hydrogens is 428 g/mol. The lowest BCUT2D eigenvalue weighted by atomic mass is 10.2. The van der Waals surface area contributed by atoms with E-state index in [2.05, 4.69) is 72.7 Å². The van der Waals surface area contributed by atoms with E-state index in [9.17, 15) is 9.59 Å². The van der Waals surface area contributed by atoms with Gasteiger partial charge in [-0.25, -0.2) is 4.79 Å². The van der Waals surface area contributed by atoms with Gasteiger partial charge in [-0.05, 0) is 43.1 Å². The van der Waals surface area contributed by atoms with Gasteiger partial charge >= 0.3 is 5.69 Å². The monoisotopic (exact) mass is 473 g/mol. The van der Waals surface area contributed by atoms with Gasteiger partial charge in [-0.3, -0.25) is 14.3 Å². The Hall–Kier alpha value is -1.01. The van der Waals surface area contributed by atoms with Crippen molar-refractivity contribution in [2.75, 3.05) is 6.61 Å². The second-order valence-electron chi connectivity index (χ2n) is 11.6. The molecule has 1 saturated heterocycles. The van der Waals surface area contributed by atoms with Gasteiger partial charge < -0.3 is 13.6 Å². The molecule has 1 fully saturated rings. The molecule has 2 rings (SSSR count). The van der Waals surface area contributed by atoms with Crippen molar-refractivity contribution in [3.8, 4) is 0 Å². The number of nitrogens with one attached hydrogen (secondary N) is 1. The zero-order chi connectivity index (χ0) is 26.5. The Morgan fingerprint density at radius 1 is 1.13 bits per heavy atom. The van der Waals surface area contributed by atoms with Gasteiger partial charge in [0.15, 0.2) is 16.6 Å². The van der Waals surface area contributed by atoms with Crippen LogP contribution in [0.1, 0.15) is 63.9 Å². The highest BCUT2D eigenvalue weighted by Gasteiger charge is 2.46. The summed E-state index contributed by atoms with van der Waals surface area (Å²) >= 11 is 0. The van der Waals surface area contributed by atoms with Crippen LogP contribution in [-0.2, 0) is 13.6 Å². The third-order valence-electron chi connectivity index (χ3n) is 7.13. The van der Waals surface area contributed by atoms with Crippen LogP contribution >= 0.6 is 0 Å². The van der Waals surface area contributed by atoms with E-state index >= 15 is 0 Å². The normalized spacial score (nSPS) is 25.2. The molecule has 0 unspecified atom stereocenters. The van der Waals surface area contributed by atoms with Gasteiger partial charge in [-0.15, -0.1) is 0 Å². The minimum atomic E-state index is -2.65. The molecule has 0 amide bonds. The van der Waals surface area contributed by atoms with E-state index in [4.69, 9.17) is 17.7 Å². The maximum atomic E-state index is 12.6. The maximum Gasteiger partial charge on any atom is 0.330 e. The van der Waals surface area contributed by atoms with E-state index in [1.807, 2.05) is 0 Å². The molecule has 1 aliphatic rings. The van der Waals surface area contributed by atoms with Gasteiger partial charge in [0.25, 0.3) is 5.56 Å². The number of nitrogens with zero attached hydrogens (tertiary/aromatic N) is 1. The molecule has 0 aliphatic carbocycles. The largest absolute Gasteiger partial charge is 0.414 e. The van der Waals surface area contributed by atoms with Gasteiger partial charge in [0.1, 0.15) is 12.3 Å². The predicted molar refractivity (Wildman–Crippen MR) is 130 cm³/mol. The summed E-state index contributed by atoms with van der Waals surface area (Å²) in [7, 11) is -4.24. The third kappa shape index (κ3) is 5.87. The average molecular weight is 474 g/mol. The summed E-state index contributed by atoms with van der Waals surface area (Å²) in [6, 6.07) is 0. The summed E-state index contributed by atoms with van der Waals surface area (Å²) in [5.74, 6) is 0. The number of rotatable bonds is 6. The number of aromatic nitrogens is 2. The van der Waals surface area contributed by atoms with Crippen molar-refractivity contribution in [3.63, 3.8) is 0 Å². The Morgan fingerprint density at radius 2 is 1.71 bits per heavy atom. The van der Waals surface area contributed by atoms with Crippen molar-refractivity contribution < 1.29 is 17.7 Å². The average Bonchev–Trinajstić information content (AvgIpc) is 2.98. The van der Waals surface area contributed by atoms with E-state index < -0.39 is 52.6 Å². The number of H-pyrrole nitrogens is 1. The molecule has 3 atom stereocenters. The molecule has 2 heterocycles. The topological polar surface area (TPSA) is 82.6 Å². The Kier molecular flexibility index (Phi) is 6.15. The number of hydrogen-bond donors (Lipinski definition) is 1. The van der Waals surface area contributed by atoms with E-state index in [1.165, 1.54) is 0 Å².